The van der Waals surface area contributed by atoms with E-state index in [9.17, 15) is 4.79 Å². The minimum absolute atomic E-state index is 0.00378. The zero-order valence-corrected chi connectivity index (χ0v) is 15.1. The van der Waals surface area contributed by atoms with Gasteiger partial charge in [-0.05, 0) is 49.8 Å². The zero-order valence-electron chi connectivity index (χ0n) is 15.1. The number of nitrogens with zero attached hydrogens (tertiary/aromatic N) is 1. The number of carbonyl (C=O) groups excluding carboxylic acids is 1. The van der Waals surface area contributed by atoms with Crippen molar-refractivity contribution in [3.63, 3.8) is 0 Å². The average Bonchev–Trinajstić information content (AvgIpc) is 2.88. The molecule has 1 aromatic heterocycles. The summed E-state index contributed by atoms with van der Waals surface area (Å²) >= 11 is 0. The van der Waals surface area contributed by atoms with E-state index in [4.69, 9.17) is 0 Å². The maximum Gasteiger partial charge on any atom is 0.268 e. The molecule has 1 fully saturated rings. The van der Waals surface area contributed by atoms with Crippen LogP contribution < -0.4 is 5.32 Å². The highest BCUT2D eigenvalue weighted by Crippen LogP contribution is 2.22. The number of aromatic amines is 1. The summed E-state index contributed by atoms with van der Waals surface area (Å²) in [6.45, 7) is 10.9. The Labute approximate surface area is 144 Å². The number of aromatic nitrogens is 1. The van der Waals surface area contributed by atoms with E-state index >= 15 is 0 Å². The maximum absolute atomic E-state index is 12.4. The van der Waals surface area contributed by atoms with Crippen LogP contribution in [0.2, 0.25) is 0 Å². The van der Waals surface area contributed by atoms with Gasteiger partial charge in [0, 0.05) is 30.5 Å². The number of fused-ring (bicyclic) bond motifs is 1. The molecule has 0 radical (unpaired) electrons. The maximum atomic E-state index is 12.4. The number of carbonyl (C=O) groups is 1. The van der Waals surface area contributed by atoms with E-state index < -0.39 is 0 Å². The molecular weight excluding hydrogens is 298 g/mol. The summed E-state index contributed by atoms with van der Waals surface area (Å²) in [4.78, 5) is 18.2. The average molecular weight is 327 g/mol. The molecule has 0 bridgehead atoms. The summed E-state index contributed by atoms with van der Waals surface area (Å²) in [5.41, 5.74) is 2.75. The normalized spacial score (nSPS) is 22.0. The Morgan fingerprint density at radius 2 is 1.96 bits per heavy atom. The monoisotopic (exact) mass is 327 g/mol. The number of rotatable bonds is 5. The fourth-order valence-corrected chi connectivity index (χ4v) is 4.08. The molecule has 1 amide bonds. The third kappa shape index (κ3) is 3.81. The molecule has 130 valence electrons. The highest BCUT2D eigenvalue weighted by atomic mass is 16.1. The van der Waals surface area contributed by atoms with Crippen molar-refractivity contribution < 1.29 is 4.79 Å². The molecular formula is C20H29N3O. The molecule has 24 heavy (non-hydrogen) atoms. The summed E-state index contributed by atoms with van der Waals surface area (Å²) in [6, 6.07) is 8.06. The van der Waals surface area contributed by atoms with Crippen molar-refractivity contribution >= 4 is 16.8 Å². The van der Waals surface area contributed by atoms with Gasteiger partial charge in [0.15, 0.2) is 0 Å². The Bertz CT molecular complexity index is 696. The number of para-hydroxylation sites is 1. The van der Waals surface area contributed by atoms with Crippen LogP contribution in [0.1, 0.15) is 42.7 Å². The van der Waals surface area contributed by atoms with Crippen LogP contribution in [0.4, 0.5) is 0 Å². The lowest BCUT2D eigenvalue weighted by atomic mass is 9.92. The van der Waals surface area contributed by atoms with E-state index in [0.29, 0.717) is 5.69 Å². The molecule has 0 unspecified atom stereocenters. The second-order valence-electron chi connectivity index (χ2n) is 7.49. The van der Waals surface area contributed by atoms with Crippen LogP contribution >= 0.6 is 0 Å². The fourth-order valence-electron chi connectivity index (χ4n) is 4.08. The molecule has 1 aliphatic rings. The van der Waals surface area contributed by atoms with Gasteiger partial charge in [-0.2, -0.15) is 0 Å². The molecule has 1 saturated heterocycles. The van der Waals surface area contributed by atoms with Crippen LogP contribution in [0.3, 0.4) is 0 Å². The van der Waals surface area contributed by atoms with E-state index in [1.54, 1.807) is 0 Å². The molecule has 2 aromatic rings. The first-order valence-electron chi connectivity index (χ1n) is 9.12. The smallest absolute Gasteiger partial charge is 0.268 e. The quantitative estimate of drug-likeness (QED) is 0.825. The minimum Gasteiger partial charge on any atom is -0.351 e. The van der Waals surface area contributed by atoms with Crippen molar-refractivity contribution in [3.05, 3.63) is 35.5 Å². The van der Waals surface area contributed by atoms with Crippen molar-refractivity contribution in [1.29, 1.82) is 0 Å². The van der Waals surface area contributed by atoms with Gasteiger partial charge >= 0.3 is 0 Å². The molecule has 0 spiro atoms. The van der Waals surface area contributed by atoms with E-state index in [0.717, 1.165) is 47.8 Å². The number of piperidine rings is 1. The third-order valence-electron chi connectivity index (χ3n) is 5.07. The molecule has 2 N–H and O–H groups in total. The Hall–Kier alpha value is -1.81. The van der Waals surface area contributed by atoms with E-state index in [1.165, 1.54) is 19.5 Å². The minimum atomic E-state index is 0.00378. The van der Waals surface area contributed by atoms with Crippen LogP contribution in [0.25, 0.3) is 10.9 Å². The SMILES string of the molecule is Cc1c(C(=O)NCCCN2C[C@H](C)C[C@@H](C)C2)[nH]c2ccccc12. The van der Waals surface area contributed by atoms with E-state index in [2.05, 4.69) is 35.1 Å². The lowest BCUT2D eigenvalue weighted by Gasteiger charge is -2.34. The molecule has 2 heterocycles. The molecule has 3 rings (SSSR count). The number of H-pyrrole nitrogens is 1. The first-order valence-corrected chi connectivity index (χ1v) is 9.12. The number of amides is 1. The number of likely N-dealkylation sites (tertiary alicyclic amines) is 1. The van der Waals surface area contributed by atoms with Gasteiger partial charge in [0.1, 0.15) is 5.69 Å². The van der Waals surface area contributed by atoms with Crippen molar-refractivity contribution in [2.24, 2.45) is 11.8 Å². The summed E-state index contributed by atoms with van der Waals surface area (Å²) in [7, 11) is 0. The standard InChI is InChI=1S/C20H29N3O/c1-14-11-15(2)13-23(12-14)10-6-9-21-20(24)19-16(3)17-7-4-5-8-18(17)22-19/h4-5,7-8,14-15,22H,6,9-13H2,1-3H3,(H,21,24)/t14-,15-/m1/s1. The number of nitrogens with one attached hydrogen (secondary N) is 2. The van der Waals surface area contributed by atoms with Crippen molar-refractivity contribution in [1.82, 2.24) is 15.2 Å². The topological polar surface area (TPSA) is 48.1 Å². The zero-order chi connectivity index (χ0) is 17.1. The van der Waals surface area contributed by atoms with Gasteiger partial charge in [-0.1, -0.05) is 32.0 Å². The highest BCUT2D eigenvalue weighted by Gasteiger charge is 2.21. The third-order valence-corrected chi connectivity index (χ3v) is 5.07. The Kier molecular flexibility index (Phi) is 5.24. The molecule has 2 atom stereocenters. The van der Waals surface area contributed by atoms with Crippen molar-refractivity contribution in [3.8, 4) is 0 Å². The van der Waals surface area contributed by atoms with Gasteiger partial charge < -0.3 is 15.2 Å². The van der Waals surface area contributed by atoms with Gasteiger partial charge in [0.25, 0.3) is 5.91 Å². The predicted octanol–water partition coefficient (Wildman–Crippen LogP) is 3.57. The molecule has 0 aliphatic carbocycles. The van der Waals surface area contributed by atoms with Crippen LogP contribution in [-0.2, 0) is 0 Å². The molecule has 4 heteroatoms. The van der Waals surface area contributed by atoms with Gasteiger partial charge in [0.05, 0.1) is 0 Å². The first kappa shape index (κ1) is 17.0. The number of benzene rings is 1. The van der Waals surface area contributed by atoms with E-state index in [1.807, 2.05) is 25.1 Å². The number of aryl methyl sites for hydroxylation is 1. The second kappa shape index (κ2) is 7.39. The lowest BCUT2D eigenvalue weighted by Crippen LogP contribution is -2.40. The van der Waals surface area contributed by atoms with Crippen LogP contribution in [-0.4, -0.2) is 42.0 Å². The van der Waals surface area contributed by atoms with Gasteiger partial charge in [-0.15, -0.1) is 0 Å². The first-order chi connectivity index (χ1) is 11.5. The molecule has 1 aliphatic heterocycles. The Morgan fingerprint density at radius 3 is 2.67 bits per heavy atom. The van der Waals surface area contributed by atoms with Gasteiger partial charge in [0.2, 0.25) is 0 Å². The molecule has 1 aromatic carbocycles. The van der Waals surface area contributed by atoms with Crippen LogP contribution in [0.15, 0.2) is 24.3 Å². The van der Waals surface area contributed by atoms with Gasteiger partial charge in [-0.25, -0.2) is 0 Å². The summed E-state index contributed by atoms with van der Waals surface area (Å²) in [6.07, 6.45) is 2.34. The number of hydrogen-bond donors (Lipinski definition) is 2. The predicted molar refractivity (Wildman–Crippen MR) is 99.4 cm³/mol. The number of hydrogen-bond acceptors (Lipinski definition) is 2. The lowest BCUT2D eigenvalue weighted by molar-refractivity contribution is 0.0942. The molecule has 4 nitrogen and oxygen atoms in total. The van der Waals surface area contributed by atoms with Crippen molar-refractivity contribution in [2.75, 3.05) is 26.2 Å². The van der Waals surface area contributed by atoms with Crippen LogP contribution in [0, 0.1) is 18.8 Å². The van der Waals surface area contributed by atoms with E-state index in [-0.39, 0.29) is 5.91 Å². The van der Waals surface area contributed by atoms with Gasteiger partial charge in [-0.3, -0.25) is 4.79 Å². The largest absolute Gasteiger partial charge is 0.351 e. The van der Waals surface area contributed by atoms with Crippen molar-refractivity contribution in [2.45, 2.75) is 33.6 Å². The highest BCUT2D eigenvalue weighted by molar-refractivity contribution is 6.00. The summed E-state index contributed by atoms with van der Waals surface area (Å²) < 4.78 is 0. The fraction of sp³-hybridized carbons (Fsp3) is 0.550. The summed E-state index contributed by atoms with van der Waals surface area (Å²) in [5.74, 6) is 1.58. The Balaban J connectivity index is 1.49. The Morgan fingerprint density at radius 1 is 1.25 bits per heavy atom. The molecule has 0 saturated carbocycles. The second-order valence-corrected chi connectivity index (χ2v) is 7.49. The van der Waals surface area contributed by atoms with Crippen LogP contribution in [0.5, 0.6) is 0 Å². The summed E-state index contributed by atoms with van der Waals surface area (Å²) in [5, 5.41) is 4.19.